The van der Waals surface area contributed by atoms with Gasteiger partial charge in [0.25, 0.3) is 0 Å². The van der Waals surface area contributed by atoms with E-state index in [-0.39, 0.29) is 29.8 Å². The van der Waals surface area contributed by atoms with Gasteiger partial charge in [-0.15, -0.1) is 24.2 Å². The van der Waals surface area contributed by atoms with E-state index < -0.39 is 0 Å². The predicted octanol–water partition coefficient (Wildman–Crippen LogP) is 3.35. The molecule has 0 spiro atoms. The fourth-order valence-electron chi connectivity index (χ4n) is 2.84. The largest absolute Gasteiger partial charge is 0.352 e. The van der Waals surface area contributed by atoms with Gasteiger partial charge in [0, 0.05) is 17.0 Å². The Morgan fingerprint density at radius 2 is 2.05 bits per heavy atom. The minimum absolute atomic E-state index is 0. The number of carbonyl (C=O) groups excluding carboxylic acids is 1. The summed E-state index contributed by atoms with van der Waals surface area (Å²) in [7, 11) is 0. The van der Waals surface area contributed by atoms with Crippen LogP contribution in [0.3, 0.4) is 0 Å². The molecule has 1 aromatic rings. The van der Waals surface area contributed by atoms with Crippen molar-refractivity contribution < 1.29 is 4.79 Å². The molecule has 0 aromatic heterocycles. The van der Waals surface area contributed by atoms with Crippen LogP contribution in [0, 0.1) is 5.92 Å². The molecule has 118 valence electrons. The van der Waals surface area contributed by atoms with E-state index in [1.807, 2.05) is 6.92 Å². The fourth-order valence-corrected chi connectivity index (χ4v) is 3.25. The maximum atomic E-state index is 12.3. The maximum absolute atomic E-state index is 12.3. The van der Waals surface area contributed by atoms with Crippen LogP contribution in [0.5, 0.6) is 0 Å². The Bertz CT molecular complexity index is 462. The monoisotopic (exact) mass is 328 g/mol. The van der Waals surface area contributed by atoms with Crippen LogP contribution in [0.4, 0.5) is 0 Å². The summed E-state index contributed by atoms with van der Waals surface area (Å²) >= 11 is 1.72. The quantitative estimate of drug-likeness (QED) is 0.833. The molecule has 0 heterocycles. The molecule has 21 heavy (non-hydrogen) atoms. The van der Waals surface area contributed by atoms with Crippen molar-refractivity contribution in [1.29, 1.82) is 0 Å². The Labute approximate surface area is 137 Å². The van der Waals surface area contributed by atoms with Crippen LogP contribution in [-0.2, 0) is 11.3 Å². The lowest BCUT2D eigenvalue weighted by atomic mass is 9.74. The average Bonchev–Trinajstić information content (AvgIpc) is 2.45. The summed E-state index contributed by atoms with van der Waals surface area (Å²) in [5.41, 5.74) is 7.04. The van der Waals surface area contributed by atoms with E-state index in [0.717, 1.165) is 31.2 Å². The van der Waals surface area contributed by atoms with Crippen molar-refractivity contribution in [3.63, 3.8) is 0 Å². The first-order valence-corrected chi connectivity index (χ1v) is 8.45. The fraction of sp³-hybridized carbons (Fsp3) is 0.562. The molecule has 1 amide bonds. The van der Waals surface area contributed by atoms with Crippen molar-refractivity contribution in [2.75, 3.05) is 6.26 Å². The van der Waals surface area contributed by atoms with Gasteiger partial charge in [-0.25, -0.2) is 0 Å². The van der Waals surface area contributed by atoms with E-state index in [0.29, 0.717) is 6.54 Å². The summed E-state index contributed by atoms with van der Waals surface area (Å²) in [5.74, 6) is 0.0466. The van der Waals surface area contributed by atoms with Crippen molar-refractivity contribution >= 4 is 30.1 Å². The van der Waals surface area contributed by atoms with Crippen molar-refractivity contribution in [3.8, 4) is 0 Å². The highest BCUT2D eigenvalue weighted by Gasteiger charge is 2.37. The summed E-state index contributed by atoms with van der Waals surface area (Å²) in [6.45, 7) is 2.59. The number of benzene rings is 1. The standard InChI is InChI=1S/C16H24N2OS.ClH/c1-16(17)10-4-3-5-14(16)15(19)18-11-12-6-8-13(20-2)9-7-12;/h6-9,14H,3-5,10-11,17H2,1-2H3,(H,18,19);1H. The molecule has 3 N–H and O–H groups in total. The van der Waals surface area contributed by atoms with Crippen molar-refractivity contribution in [3.05, 3.63) is 29.8 Å². The molecule has 3 nitrogen and oxygen atoms in total. The van der Waals surface area contributed by atoms with Crippen molar-refractivity contribution in [2.45, 2.75) is 49.6 Å². The van der Waals surface area contributed by atoms with Gasteiger partial charge in [0.1, 0.15) is 0 Å². The third-order valence-electron chi connectivity index (χ3n) is 4.20. The second-order valence-corrected chi connectivity index (χ2v) is 6.75. The molecule has 0 bridgehead atoms. The maximum Gasteiger partial charge on any atom is 0.225 e. The van der Waals surface area contributed by atoms with E-state index in [1.165, 1.54) is 4.90 Å². The SMILES string of the molecule is CSc1ccc(CNC(=O)C2CCCCC2(C)N)cc1.Cl. The Morgan fingerprint density at radius 1 is 1.38 bits per heavy atom. The lowest BCUT2D eigenvalue weighted by Gasteiger charge is -2.37. The van der Waals surface area contributed by atoms with Crippen LogP contribution in [0.1, 0.15) is 38.2 Å². The van der Waals surface area contributed by atoms with E-state index in [4.69, 9.17) is 5.73 Å². The molecule has 2 unspecified atom stereocenters. The van der Waals surface area contributed by atoms with Crippen molar-refractivity contribution in [2.24, 2.45) is 11.7 Å². The highest BCUT2D eigenvalue weighted by atomic mass is 35.5. The highest BCUT2D eigenvalue weighted by molar-refractivity contribution is 7.98. The summed E-state index contributed by atoms with van der Waals surface area (Å²) in [5, 5.41) is 3.04. The Morgan fingerprint density at radius 3 is 2.62 bits per heavy atom. The molecule has 0 saturated heterocycles. The first kappa shape index (κ1) is 18.3. The van der Waals surface area contributed by atoms with Gasteiger partial charge in [-0.05, 0) is 43.7 Å². The molecule has 0 aliphatic heterocycles. The zero-order valence-corrected chi connectivity index (χ0v) is 14.4. The molecule has 0 radical (unpaired) electrons. The van der Waals surface area contributed by atoms with Gasteiger partial charge < -0.3 is 11.1 Å². The minimum Gasteiger partial charge on any atom is -0.352 e. The Hall–Kier alpha value is -0.710. The van der Waals surface area contributed by atoms with E-state index >= 15 is 0 Å². The number of amides is 1. The van der Waals surface area contributed by atoms with Crippen LogP contribution in [0.2, 0.25) is 0 Å². The third-order valence-corrected chi connectivity index (χ3v) is 4.94. The number of carbonyl (C=O) groups is 1. The number of nitrogens with two attached hydrogens (primary N) is 1. The summed E-state index contributed by atoms with van der Waals surface area (Å²) < 4.78 is 0. The summed E-state index contributed by atoms with van der Waals surface area (Å²) in [4.78, 5) is 13.6. The van der Waals surface area contributed by atoms with Gasteiger partial charge >= 0.3 is 0 Å². The van der Waals surface area contributed by atoms with Crippen LogP contribution < -0.4 is 11.1 Å². The molecule has 5 heteroatoms. The van der Waals surface area contributed by atoms with Gasteiger partial charge in [0.05, 0.1) is 5.92 Å². The normalized spacial score (nSPS) is 25.0. The van der Waals surface area contributed by atoms with E-state index in [1.54, 1.807) is 11.8 Å². The summed E-state index contributed by atoms with van der Waals surface area (Å²) in [6, 6.07) is 8.29. The molecular weight excluding hydrogens is 304 g/mol. The van der Waals surface area contributed by atoms with Crippen LogP contribution in [0.25, 0.3) is 0 Å². The second-order valence-electron chi connectivity index (χ2n) is 5.87. The molecule has 1 aliphatic carbocycles. The number of hydrogen-bond acceptors (Lipinski definition) is 3. The van der Waals surface area contributed by atoms with Crippen molar-refractivity contribution in [1.82, 2.24) is 5.32 Å². The zero-order valence-electron chi connectivity index (χ0n) is 12.7. The topological polar surface area (TPSA) is 55.1 Å². The third kappa shape index (κ3) is 4.90. The molecule has 2 atom stereocenters. The first-order valence-electron chi connectivity index (χ1n) is 7.22. The average molecular weight is 329 g/mol. The summed E-state index contributed by atoms with van der Waals surface area (Å²) in [6.07, 6.45) is 6.14. The molecule has 2 rings (SSSR count). The van der Waals surface area contributed by atoms with Gasteiger partial charge in [0.2, 0.25) is 5.91 Å². The van der Waals surface area contributed by atoms with Crippen LogP contribution >= 0.6 is 24.2 Å². The Balaban J connectivity index is 0.00000220. The first-order chi connectivity index (χ1) is 9.53. The zero-order chi connectivity index (χ0) is 14.6. The predicted molar refractivity (Wildman–Crippen MR) is 91.9 cm³/mol. The van der Waals surface area contributed by atoms with Gasteiger partial charge in [0.15, 0.2) is 0 Å². The lowest BCUT2D eigenvalue weighted by Crippen LogP contribution is -2.52. The smallest absolute Gasteiger partial charge is 0.225 e. The number of thioether (sulfide) groups is 1. The molecule has 1 aliphatic rings. The van der Waals surface area contributed by atoms with Gasteiger partial charge in [-0.2, -0.15) is 0 Å². The Kier molecular flexibility index (Phi) is 7.04. The number of nitrogens with one attached hydrogen (secondary N) is 1. The minimum atomic E-state index is -0.356. The highest BCUT2D eigenvalue weighted by Crippen LogP contribution is 2.31. The number of hydrogen-bond donors (Lipinski definition) is 2. The van der Waals surface area contributed by atoms with E-state index in [2.05, 4.69) is 35.8 Å². The molecule has 1 aromatic carbocycles. The van der Waals surface area contributed by atoms with Gasteiger partial charge in [-0.1, -0.05) is 25.0 Å². The van der Waals surface area contributed by atoms with Crippen LogP contribution in [0.15, 0.2) is 29.2 Å². The molecule has 1 fully saturated rings. The van der Waals surface area contributed by atoms with Gasteiger partial charge in [-0.3, -0.25) is 4.79 Å². The molecular formula is C16H25ClN2OS. The molecule has 1 saturated carbocycles. The number of halogens is 1. The number of rotatable bonds is 4. The second kappa shape index (κ2) is 8.06. The van der Waals surface area contributed by atoms with Crippen LogP contribution in [-0.4, -0.2) is 17.7 Å². The van der Waals surface area contributed by atoms with E-state index in [9.17, 15) is 4.79 Å². The lowest BCUT2D eigenvalue weighted by molar-refractivity contribution is -0.128.